The van der Waals surface area contributed by atoms with Gasteiger partial charge in [-0.3, -0.25) is 5.32 Å². The second kappa shape index (κ2) is 7.44. The van der Waals surface area contributed by atoms with Crippen LogP contribution in [0.4, 0.5) is 15.7 Å². The van der Waals surface area contributed by atoms with E-state index in [-0.39, 0.29) is 17.5 Å². The number of rotatable bonds is 3. The van der Waals surface area contributed by atoms with E-state index >= 15 is 0 Å². The maximum Gasteiger partial charge on any atom is 0.320 e. The number of nitrogens with one attached hydrogen (secondary N) is 2. The molecule has 3 heterocycles. The molecule has 1 aliphatic heterocycles. The van der Waals surface area contributed by atoms with Gasteiger partial charge >= 0.3 is 6.03 Å². The molecule has 2 amide bonds. The maximum atomic E-state index is 12.4. The lowest BCUT2D eigenvalue weighted by Gasteiger charge is -2.37. The van der Waals surface area contributed by atoms with Crippen LogP contribution in [-0.4, -0.2) is 42.3 Å². The number of morpholine rings is 1. The van der Waals surface area contributed by atoms with Crippen molar-refractivity contribution in [3.05, 3.63) is 35.0 Å². The predicted octanol–water partition coefficient (Wildman–Crippen LogP) is 3.21. The summed E-state index contributed by atoms with van der Waals surface area (Å²) in [6.45, 7) is 7.48. The molecule has 2 aliphatic rings. The summed E-state index contributed by atoms with van der Waals surface area (Å²) >= 11 is 1.50. The van der Waals surface area contributed by atoms with Gasteiger partial charge in [0.15, 0.2) is 0 Å². The van der Waals surface area contributed by atoms with E-state index in [9.17, 15) is 4.79 Å². The van der Waals surface area contributed by atoms with E-state index < -0.39 is 0 Å². The van der Waals surface area contributed by atoms with Crippen molar-refractivity contribution in [3.63, 3.8) is 0 Å². The molecule has 0 bridgehead atoms. The molecule has 2 aromatic heterocycles. The number of ether oxygens (including phenoxy) is 1. The minimum atomic E-state index is -0.191. The van der Waals surface area contributed by atoms with Crippen LogP contribution in [0.15, 0.2) is 23.7 Å². The van der Waals surface area contributed by atoms with Crippen molar-refractivity contribution < 1.29 is 9.53 Å². The lowest BCUT2D eigenvalue weighted by Crippen LogP contribution is -2.40. The number of carbonyl (C=O) groups excluding carboxylic acids is 1. The first-order valence-corrected chi connectivity index (χ1v) is 10.2. The first-order valence-electron chi connectivity index (χ1n) is 9.30. The molecule has 0 saturated carbocycles. The molecule has 27 heavy (non-hydrogen) atoms. The number of carbonyl (C=O) groups is 1. The number of aromatic nitrogens is 2. The van der Waals surface area contributed by atoms with Gasteiger partial charge in [-0.05, 0) is 35.8 Å². The van der Waals surface area contributed by atoms with Crippen molar-refractivity contribution in [2.45, 2.75) is 32.7 Å². The number of amides is 2. The van der Waals surface area contributed by atoms with E-state index in [1.807, 2.05) is 23.7 Å². The van der Waals surface area contributed by atoms with Gasteiger partial charge in [0, 0.05) is 24.8 Å². The Labute approximate surface area is 163 Å². The van der Waals surface area contributed by atoms with Gasteiger partial charge in [-0.15, -0.1) is 11.3 Å². The Morgan fingerprint density at radius 2 is 2.19 bits per heavy atom. The Morgan fingerprint density at radius 3 is 2.93 bits per heavy atom. The lowest BCUT2D eigenvalue weighted by atomic mass is 9.74. The summed E-state index contributed by atoms with van der Waals surface area (Å²) in [5.41, 5.74) is 2.11. The highest BCUT2D eigenvalue weighted by molar-refractivity contribution is 7.14. The topological polar surface area (TPSA) is 79.4 Å². The van der Waals surface area contributed by atoms with Gasteiger partial charge in [-0.25, -0.2) is 14.8 Å². The minimum Gasteiger partial charge on any atom is -0.378 e. The van der Waals surface area contributed by atoms with Crippen molar-refractivity contribution in [1.29, 1.82) is 0 Å². The molecular formula is C19H25N5O2S. The van der Waals surface area contributed by atoms with E-state index in [0.29, 0.717) is 13.2 Å². The van der Waals surface area contributed by atoms with Crippen molar-refractivity contribution in [1.82, 2.24) is 15.3 Å². The molecule has 1 fully saturated rings. The number of nitrogens with zero attached hydrogens (tertiary/aromatic N) is 3. The zero-order valence-corrected chi connectivity index (χ0v) is 16.5. The third kappa shape index (κ3) is 4.22. The van der Waals surface area contributed by atoms with Crippen LogP contribution in [0.3, 0.4) is 0 Å². The second-order valence-corrected chi connectivity index (χ2v) is 8.79. The van der Waals surface area contributed by atoms with Crippen LogP contribution in [0.2, 0.25) is 0 Å². The maximum absolute atomic E-state index is 12.4. The first-order chi connectivity index (χ1) is 13.0. The van der Waals surface area contributed by atoms with Gasteiger partial charge in [-0.1, -0.05) is 13.8 Å². The molecule has 4 rings (SSSR count). The SMILES string of the molecule is CC1(C)Cc2nc(N3CCOCC3)ncc2[C@@H](NC(=O)Nc2cccs2)C1. The Hall–Kier alpha value is -2.19. The van der Waals surface area contributed by atoms with Crippen molar-refractivity contribution in [2.75, 3.05) is 36.5 Å². The molecular weight excluding hydrogens is 362 g/mol. The summed E-state index contributed by atoms with van der Waals surface area (Å²) < 4.78 is 5.42. The lowest BCUT2D eigenvalue weighted by molar-refractivity contribution is 0.122. The minimum absolute atomic E-state index is 0.0600. The first kappa shape index (κ1) is 18.2. The van der Waals surface area contributed by atoms with Crippen LogP contribution in [0.5, 0.6) is 0 Å². The van der Waals surface area contributed by atoms with Crippen LogP contribution in [-0.2, 0) is 11.2 Å². The normalized spacial score (nSPS) is 21.4. The monoisotopic (exact) mass is 387 g/mol. The van der Waals surface area contributed by atoms with E-state index in [1.54, 1.807) is 0 Å². The second-order valence-electron chi connectivity index (χ2n) is 7.84. The fourth-order valence-electron chi connectivity index (χ4n) is 3.74. The van der Waals surface area contributed by atoms with E-state index in [4.69, 9.17) is 9.72 Å². The third-order valence-electron chi connectivity index (χ3n) is 5.02. The molecule has 1 aliphatic carbocycles. The van der Waals surface area contributed by atoms with E-state index in [0.717, 1.165) is 48.1 Å². The molecule has 144 valence electrons. The molecule has 2 aromatic rings. The number of fused-ring (bicyclic) bond motifs is 1. The van der Waals surface area contributed by atoms with Crippen molar-refractivity contribution in [3.8, 4) is 0 Å². The standard InChI is InChI=1S/C19H25N5O2S/c1-19(2)10-14-13(12-20-17(21-14)24-5-7-26-8-6-24)15(11-19)22-18(25)23-16-4-3-9-27-16/h3-4,9,12,15H,5-8,10-11H2,1-2H3,(H2,22,23,25)/t15-/m0/s1. The molecule has 0 aromatic carbocycles. The third-order valence-corrected chi connectivity index (χ3v) is 5.81. The van der Waals surface area contributed by atoms with Gasteiger partial charge < -0.3 is 15.0 Å². The molecule has 1 atom stereocenters. The summed E-state index contributed by atoms with van der Waals surface area (Å²) in [5, 5.41) is 8.78. The average molecular weight is 388 g/mol. The number of anilines is 2. The van der Waals surface area contributed by atoms with Crippen LogP contribution in [0, 0.1) is 5.41 Å². The van der Waals surface area contributed by atoms with Crippen molar-refractivity contribution >= 4 is 28.3 Å². The largest absolute Gasteiger partial charge is 0.378 e. The molecule has 0 unspecified atom stereocenters. The summed E-state index contributed by atoms with van der Waals surface area (Å²) in [5.74, 6) is 0.761. The molecule has 8 heteroatoms. The highest BCUT2D eigenvalue weighted by Crippen LogP contribution is 2.40. The Kier molecular flexibility index (Phi) is 5.01. The number of hydrogen-bond donors (Lipinski definition) is 2. The number of urea groups is 1. The molecule has 0 spiro atoms. The smallest absolute Gasteiger partial charge is 0.320 e. The fraction of sp³-hybridized carbons (Fsp3) is 0.526. The van der Waals surface area contributed by atoms with Crippen LogP contribution in [0.25, 0.3) is 0 Å². The quantitative estimate of drug-likeness (QED) is 0.845. The Bertz CT molecular complexity index is 802. The van der Waals surface area contributed by atoms with Gasteiger partial charge in [0.2, 0.25) is 5.95 Å². The van der Waals surface area contributed by atoms with Gasteiger partial charge in [0.05, 0.1) is 30.0 Å². The summed E-state index contributed by atoms with van der Waals surface area (Å²) in [6, 6.07) is 3.52. The molecule has 2 N–H and O–H groups in total. The van der Waals surface area contributed by atoms with Gasteiger partial charge in [0.25, 0.3) is 0 Å². The van der Waals surface area contributed by atoms with Crippen LogP contribution >= 0.6 is 11.3 Å². The van der Waals surface area contributed by atoms with Gasteiger partial charge in [0.1, 0.15) is 0 Å². The zero-order chi connectivity index (χ0) is 18.9. The molecule has 7 nitrogen and oxygen atoms in total. The summed E-state index contributed by atoms with van der Waals surface area (Å²) in [6.07, 6.45) is 3.63. The summed E-state index contributed by atoms with van der Waals surface area (Å²) in [4.78, 5) is 24.0. The zero-order valence-electron chi connectivity index (χ0n) is 15.7. The average Bonchev–Trinajstić information content (AvgIpc) is 3.14. The highest BCUT2D eigenvalue weighted by atomic mass is 32.1. The van der Waals surface area contributed by atoms with Gasteiger partial charge in [-0.2, -0.15) is 0 Å². The van der Waals surface area contributed by atoms with Crippen molar-refractivity contribution in [2.24, 2.45) is 5.41 Å². The fourth-order valence-corrected chi connectivity index (χ4v) is 4.35. The predicted molar refractivity (Wildman–Crippen MR) is 106 cm³/mol. The Morgan fingerprint density at radius 1 is 1.37 bits per heavy atom. The number of thiophene rings is 1. The van der Waals surface area contributed by atoms with E-state index in [1.165, 1.54) is 11.3 Å². The van der Waals surface area contributed by atoms with E-state index in [2.05, 4.69) is 34.4 Å². The molecule has 1 saturated heterocycles. The number of hydrogen-bond acceptors (Lipinski definition) is 6. The van der Waals surface area contributed by atoms with Crippen LogP contribution in [0.1, 0.15) is 37.6 Å². The highest BCUT2D eigenvalue weighted by Gasteiger charge is 2.35. The Balaban J connectivity index is 1.54. The summed E-state index contributed by atoms with van der Waals surface area (Å²) in [7, 11) is 0. The van der Waals surface area contributed by atoms with Crippen LogP contribution < -0.4 is 15.5 Å². The molecule has 0 radical (unpaired) electrons.